The van der Waals surface area contributed by atoms with Crippen LogP contribution in [0.25, 0.3) is 10.8 Å². The van der Waals surface area contributed by atoms with Gasteiger partial charge in [0.15, 0.2) is 11.6 Å². The maximum Gasteiger partial charge on any atom is 0.251 e. The first kappa shape index (κ1) is 16.8. The van der Waals surface area contributed by atoms with Crippen LogP contribution in [-0.2, 0) is 0 Å². The smallest absolute Gasteiger partial charge is 0.251 e. The summed E-state index contributed by atoms with van der Waals surface area (Å²) < 4.78 is 24.2. The van der Waals surface area contributed by atoms with Gasteiger partial charge in [0, 0.05) is 10.9 Å². The number of carbonyl (C=O) groups excluding carboxylic acids is 1. The van der Waals surface area contributed by atoms with Crippen molar-refractivity contribution in [2.24, 2.45) is 0 Å². The van der Waals surface area contributed by atoms with Gasteiger partial charge in [-0.25, -0.2) is 4.39 Å². The Labute approximate surface area is 145 Å². The van der Waals surface area contributed by atoms with E-state index >= 15 is 0 Å². The highest BCUT2D eigenvalue weighted by atomic mass is 19.1. The molecule has 1 amide bonds. The van der Waals surface area contributed by atoms with E-state index in [1.807, 2.05) is 42.5 Å². The van der Waals surface area contributed by atoms with Gasteiger partial charge in [-0.3, -0.25) is 4.79 Å². The number of ether oxygens (including phenoxy) is 2. The van der Waals surface area contributed by atoms with Crippen molar-refractivity contribution in [3.8, 4) is 11.5 Å². The van der Waals surface area contributed by atoms with Crippen molar-refractivity contribution in [3.05, 3.63) is 72.0 Å². The Morgan fingerprint density at radius 1 is 1.04 bits per heavy atom. The summed E-state index contributed by atoms with van der Waals surface area (Å²) in [5.74, 6) is -0.0519. The van der Waals surface area contributed by atoms with E-state index in [-0.39, 0.29) is 17.2 Å². The number of methoxy groups -OCH3 is 1. The lowest BCUT2D eigenvalue weighted by Gasteiger charge is -2.10. The Bertz CT molecular complexity index is 890. The summed E-state index contributed by atoms with van der Waals surface area (Å²) in [5.41, 5.74) is 0.239. The van der Waals surface area contributed by atoms with Crippen LogP contribution >= 0.6 is 0 Å². The summed E-state index contributed by atoms with van der Waals surface area (Å²) >= 11 is 0. The number of halogens is 1. The molecule has 0 unspecified atom stereocenters. The van der Waals surface area contributed by atoms with Gasteiger partial charge in [0.25, 0.3) is 5.91 Å². The summed E-state index contributed by atoms with van der Waals surface area (Å²) in [6, 6.07) is 17.9. The predicted molar refractivity (Wildman–Crippen MR) is 94.7 cm³/mol. The van der Waals surface area contributed by atoms with Crippen LogP contribution in [-0.4, -0.2) is 26.2 Å². The van der Waals surface area contributed by atoms with Crippen LogP contribution in [0.3, 0.4) is 0 Å². The molecule has 0 aliphatic carbocycles. The van der Waals surface area contributed by atoms with Gasteiger partial charge >= 0.3 is 0 Å². The fraction of sp³-hybridized carbons (Fsp3) is 0.150. The second-order valence-corrected chi connectivity index (χ2v) is 5.43. The van der Waals surface area contributed by atoms with Crippen molar-refractivity contribution < 1.29 is 18.7 Å². The number of amides is 1. The Morgan fingerprint density at radius 3 is 2.64 bits per heavy atom. The number of benzene rings is 3. The Hall–Kier alpha value is -3.08. The zero-order valence-corrected chi connectivity index (χ0v) is 13.8. The number of rotatable bonds is 6. The van der Waals surface area contributed by atoms with Gasteiger partial charge in [-0.2, -0.15) is 0 Å². The van der Waals surface area contributed by atoms with Crippen LogP contribution in [0.15, 0.2) is 60.7 Å². The van der Waals surface area contributed by atoms with Gasteiger partial charge in [-0.15, -0.1) is 0 Å². The van der Waals surface area contributed by atoms with Gasteiger partial charge in [-0.1, -0.05) is 36.4 Å². The van der Waals surface area contributed by atoms with E-state index in [0.29, 0.717) is 13.2 Å². The molecule has 0 saturated heterocycles. The minimum Gasteiger partial charge on any atom is -0.494 e. The molecule has 3 aromatic carbocycles. The summed E-state index contributed by atoms with van der Waals surface area (Å²) in [4.78, 5) is 12.0. The number of fused-ring (bicyclic) bond motifs is 1. The van der Waals surface area contributed by atoms with Gasteiger partial charge in [-0.05, 0) is 29.7 Å². The lowest BCUT2D eigenvalue weighted by Crippen LogP contribution is -2.28. The van der Waals surface area contributed by atoms with E-state index in [1.54, 1.807) is 0 Å². The Kier molecular flexibility index (Phi) is 5.14. The first-order valence-corrected chi connectivity index (χ1v) is 7.91. The lowest BCUT2D eigenvalue weighted by atomic mass is 10.1. The lowest BCUT2D eigenvalue weighted by molar-refractivity contribution is 0.0946. The third-order valence-electron chi connectivity index (χ3n) is 3.81. The molecular formula is C20H18FNO3. The largest absolute Gasteiger partial charge is 0.494 e. The highest BCUT2D eigenvalue weighted by molar-refractivity contribution is 5.94. The number of nitrogens with one attached hydrogen (secondary N) is 1. The Balaban J connectivity index is 1.56. The quantitative estimate of drug-likeness (QED) is 0.695. The molecular weight excluding hydrogens is 321 g/mol. The third kappa shape index (κ3) is 3.88. The Morgan fingerprint density at radius 2 is 1.84 bits per heavy atom. The molecule has 1 N–H and O–H groups in total. The maximum absolute atomic E-state index is 13.6. The summed E-state index contributed by atoms with van der Waals surface area (Å²) in [5, 5.41) is 4.83. The monoisotopic (exact) mass is 339 g/mol. The van der Waals surface area contributed by atoms with Gasteiger partial charge in [0.1, 0.15) is 12.4 Å². The maximum atomic E-state index is 13.6. The molecule has 0 fully saturated rings. The highest BCUT2D eigenvalue weighted by Gasteiger charge is 2.09. The molecule has 0 atom stereocenters. The number of hydrogen-bond donors (Lipinski definition) is 1. The van der Waals surface area contributed by atoms with Gasteiger partial charge in [0.05, 0.1) is 13.7 Å². The third-order valence-corrected chi connectivity index (χ3v) is 3.81. The molecule has 0 bridgehead atoms. The summed E-state index contributed by atoms with van der Waals surface area (Å²) in [6.07, 6.45) is 0. The van der Waals surface area contributed by atoms with Crippen molar-refractivity contribution in [1.82, 2.24) is 5.32 Å². The van der Waals surface area contributed by atoms with Crippen molar-refractivity contribution in [3.63, 3.8) is 0 Å². The molecule has 0 saturated carbocycles. The van der Waals surface area contributed by atoms with Crippen LogP contribution in [0.2, 0.25) is 0 Å². The minimum atomic E-state index is -0.567. The van der Waals surface area contributed by atoms with Gasteiger partial charge < -0.3 is 14.8 Å². The second kappa shape index (κ2) is 7.66. The van der Waals surface area contributed by atoms with E-state index in [0.717, 1.165) is 22.6 Å². The molecule has 0 aromatic heterocycles. The van der Waals surface area contributed by atoms with Gasteiger partial charge in [0.2, 0.25) is 0 Å². The molecule has 0 aliphatic heterocycles. The van der Waals surface area contributed by atoms with Crippen molar-refractivity contribution in [1.29, 1.82) is 0 Å². The summed E-state index contributed by atoms with van der Waals surface area (Å²) in [6.45, 7) is 0.633. The number of hydrogen-bond acceptors (Lipinski definition) is 3. The minimum absolute atomic E-state index is 0.107. The fourth-order valence-corrected chi connectivity index (χ4v) is 2.56. The van der Waals surface area contributed by atoms with E-state index in [2.05, 4.69) is 5.32 Å². The van der Waals surface area contributed by atoms with E-state index in [1.165, 1.54) is 19.2 Å². The zero-order valence-electron chi connectivity index (χ0n) is 13.8. The first-order chi connectivity index (χ1) is 12.2. The fourth-order valence-electron chi connectivity index (χ4n) is 2.56. The van der Waals surface area contributed by atoms with Crippen molar-refractivity contribution in [2.75, 3.05) is 20.3 Å². The first-order valence-electron chi connectivity index (χ1n) is 7.91. The molecule has 128 valence electrons. The van der Waals surface area contributed by atoms with Crippen LogP contribution in [0.5, 0.6) is 11.5 Å². The second-order valence-electron chi connectivity index (χ2n) is 5.43. The average Bonchev–Trinajstić information content (AvgIpc) is 2.65. The zero-order chi connectivity index (χ0) is 17.6. The molecule has 3 rings (SSSR count). The molecule has 3 aromatic rings. The van der Waals surface area contributed by atoms with Crippen LogP contribution in [0, 0.1) is 5.82 Å². The molecule has 4 nitrogen and oxygen atoms in total. The SMILES string of the molecule is COc1ccc(C(=O)NCCOc2cccc3ccccc23)cc1F. The van der Waals surface area contributed by atoms with E-state index in [4.69, 9.17) is 9.47 Å². The predicted octanol–water partition coefficient (Wildman–Crippen LogP) is 3.80. The van der Waals surface area contributed by atoms with Crippen molar-refractivity contribution >= 4 is 16.7 Å². The highest BCUT2D eigenvalue weighted by Crippen LogP contribution is 2.24. The average molecular weight is 339 g/mol. The van der Waals surface area contributed by atoms with Crippen LogP contribution < -0.4 is 14.8 Å². The number of carbonyl (C=O) groups is 1. The standard InChI is InChI=1S/C20H18FNO3/c1-24-19-10-9-15(13-17(19)21)20(23)22-11-12-25-18-8-4-6-14-5-2-3-7-16(14)18/h2-10,13H,11-12H2,1H3,(H,22,23). The topological polar surface area (TPSA) is 47.6 Å². The molecule has 5 heteroatoms. The van der Waals surface area contributed by atoms with Crippen LogP contribution in [0.1, 0.15) is 10.4 Å². The molecule has 0 radical (unpaired) electrons. The molecule has 0 spiro atoms. The molecule has 0 heterocycles. The molecule has 0 aliphatic rings. The van der Waals surface area contributed by atoms with Crippen LogP contribution in [0.4, 0.5) is 4.39 Å². The normalized spacial score (nSPS) is 10.5. The summed E-state index contributed by atoms with van der Waals surface area (Å²) in [7, 11) is 1.38. The van der Waals surface area contributed by atoms with Crippen molar-refractivity contribution in [2.45, 2.75) is 0 Å². The van der Waals surface area contributed by atoms with E-state index in [9.17, 15) is 9.18 Å². The molecule has 25 heavy (non-hydrogen) atoms. The van der Waals surface area contributed by atoms with E-state index < -0.39 is 5.82 Å².